The van der Waals surface area contributed by atoms with Gasteiger partial charge in [-0.05, 0) is 64.2 Å². The molecule has 0 aromatic heterocycles. The van der Waals surface area contributed by atoms with Crippen LogP contribution in [-0.2, 0) is 38.7 Å². The average Bonchev–Trinajstić information content (AvgIpc) is 3.16. The Morgan fingerprint density at radius 3 is 1.71 bits per heavy atom. The van der Waals surface area contributed by atoms with Gasteiger partial charge >= 0.3 is 11.9 Å². The van der Waals surface area contributed by atoms with Crippen molar-refractivity contribution in [3.63, 3.8) is 0 Å². The number of hydrogen-bond donors (Lipinski definition) is 4. The molecule has 1 fully saturated rings. The van der Waals surface area contributed by atoms with E-state index in [-0.39, 0.29) is 19.4 Å². The number of allylic oxidation sites excluding steroid dienone is 8. The predicted molar refractivity (Wildman–Crippen MR) is 219 cm³/mol. The van der Waals surface area contributed by atoms with E-state index >= 15 is 0 Å². The monoisotopic (exact) mass is 814 g/mol. The molecule has 1 saturated heterocycles. The van der Waals surface area contributed by atoms with Crippen LogP contribution in [0, 0.1) is 0 Å². The lowest BCUT2D eigenvalue weighted by molar-refractivity contribution is -0.297. The van der Waals surface area contributed by atoms with E-state index in [1.54, 1.807) is 0 Å². The maximum absolute atomic E-state index is 12.8. The molecule has 2 unspecified atom stereocenters. The summed E-state index contributed by atoms with van der Waals surface area (Å²) in [7, 11) is -4.61. The Labute approximate surface area is 337 Å². The number of esters is 2. The number of unbranched alkanes of at least 4 members (excludes halogenated alkanes) is 14. The zero-order valence-corrected chi connectivity index (χ0v) is 35.0. The van der Waals surface area contributed by atoms with Crippen LogP contribution >= 0.6 is 0 Å². The van der Waals surface area contributed by atoms with E-state index in [0.717, 1.165) is 57.8 Å². The van der Waals surface area contributed by atoms with E-state index in [9.17, 15) is 37.9 Å². The Morgan fingerprint density at radius 1 is 0.607 bits per heavy atom. The zero-order valence-electron chi connectivity index (χ0n) is 34.2. The van der Waals surface area contributed by atoms with Gasteiger partial charge < -0.3 is 34.3 Å². The van der Waals surface area contributed by atoms with Crippen LogP contribution in [0.3, 0.4) is 0 Å². The smallest absolute Gasteiger partial charge is 0.306 e. The van der Waals surface area contributed by atoms with Gasteiger partial charge in [0.1, 0.15) is 36.8 Å². The van der Waals surface area contributed by atoms with Crippen molar-refractivity contribution in [3.8, 4) is 0 Å². The summed E-state index contributed by atoms with van der Waals surface area (Å²) >= 11 is 0. The predicted octanol–water partition coefficient (Wildman–Crippen LogP) is 8.00. The highest BCUT2D eigenvalue weighted by atomic mass is 32.2. The number of carbonyl (C=O) groups excluding carboxylic acids is 2. The molecule has 56 heavy (non-hydrogen) atoms. The molecule has 0 bridgehead atoms. The topological polar surface area (TPSA) is 186 Å². The van der Waals surface area contributed by atoms with Crippen LogP contribution in [-0.4, -0.2) is 96.0 Å². The van der Waals surface area contributed by atoms with Crippen LogP contribution < -0.4 is 0 Å². The van der Waals surface area contributed by atoms with Crippen LogP contribution in [0.4, 0.5) is 0 Å². The van der Waals surface area contributed by atoms with Gasteiger partial charge in [-0.3, -0.25) is 14.1 Å². The number of carbonyl (C=O) groups is 2. The third-order valence-corrected chi connectivity index (χ3v) is 10.1. The molecule has 0 radical (unpaired) electrons. The molecule has 1 aliphatic heterocycles. The van der Waals surface area contributed by atoms with Gasteiger partial charge in [0.05, 0.1) is 6.61 Å². The van der Waals surface area contributed by atoms with Crippen molar-refractivity contribution in [1.82, 2.24) is 0 Å². The lowest BCUT2D eigenvalue weighted by Crippen LogP contribution is -2.60. The molecule has 4 N–H and O–H groups in total. The number of ether oxygens (including phenoxy) is 4. The molecular weight excluding hydrogens is 741 g/mol. The Bertz CT molecular complexity index is 1230. The molecule has 0 aromatic rings. The van der Waals surface area contributed by atoms with Crippen LogP contribution in [0.15, 0.2) is 48.6 Å². The molecule has 1 heterocycles. The average molecular weight is 815 g/mol. The summed E-state index contributed by atoms with van der Waals surface area (Å²) in [5.41, 5.74) is 0. The fourth-order valence-electron chi connectivity index (χ4n) is 6.02. The number of rotatable bonds is 34. The molecule has 324 valence electrons. The maximum Gasteiger partial charge on any atom is 0.306 e. The number of hydrogen-bond acceptors (Lipinski definition) is 11. The fourth-order valence-corrected chi connectivity index (χ4v) is 6.72. The first-order valence-corrected chi connectivity index (χ1v) is 22.8. The largest absolute Gasteiger partial charge is 0.462 e. The number of aliphatic hydroxyl groups is 3. The molecule has 1 rings (SSSR count). The molecular formula is C43H74O12S. The number of aliphatic hydroxyl groups excluding tert-OH is 3. The van der Waals surface area contributed by atoms with Gasteiger partial charge in [-0.2, -0.15) is 8.42 Å². The van der Waals surface area contributed by atoms with Crippen LogP contribution in [0.1, 0.15) is 155 Å². The van der Waals surface area contributed by atoms with Crippen molar-refractivity contribution in [2.45, 2.75) is 192 Å². The van der Waals surface area contributed by atoms with Gasteiger partial charge in [0.2, 0.25) is 0 Å². The standard InChI is InChI=1S/C43H74O12S/c1-3-5-7-9-11-13-15-16-17-18-19-20-22-24-26-28-30-32-39(45)54-36(33-52-38(44)31-29-27-25-23-21-14-12-10-8-6-4-2)34-53-43-42(48)41(47)40(46)37(55-43)35-56(49,50)51/h10,12,16-17,19-20,24,26,36-37,40-43,46-48H,3-9,11,13-15,18,21-23,25,27-35H2,1-2H3,(H,49,50,51)/b12-10+,17-16+,20-19+,26-24+/t36-,37-,40-,41?,42?,43+/m1/s1. The minimum atomic E-state index is -4.61. The van der Waals surface area contributed by atoms with E-state index in [1.807, 2.05) is 12.2 Å². The second-order valence-electron chi connectivity index (χ2n) is 14.6. The molecule has 13 heteroatoms. The molecule has 1 aliphatic rings. The first kappa shape index (κ1) is 51.6. The zero-order chi connectivity index (χ0) is 41.3. The highest BCUT2D eigenvalue weighted by molar-refractivity contribution is 7.85. The van der Waals surface area contributed by atoms with Crippen molar-refractivity contribution in [3.05, 3.63) is 48.6 Å². The Balaban J connectivity index is 2.53. The fraction of sp³-hybridized carbons (Fsp3) is 0.767. The van der Waals surface area contributed by atoms with E-state index in [2.05, 4.69) is 50.3 Å². The second kappa shape index (κ2) is 33.6. The summed E-state index contributed by atoms with van der Waals surface area (Å²) in [5.74, 6) is -2.07. The van der Waals surface area contributed by atoms with E-state index < -0.39 is 71.2 Å². The lowest BCUT2D eigenvalue weighted by atomic mass is 10.00. The lowest BCUT2D eigenvalue weighted by Gasteiger charge is -2.40. The molecule has 0 aliphatic carbocycles. The summed E-state index contributed by atoms with van der Waals surface area (Å²) in [4.78, 5) is 25.3. The van der Waals surface area contributed by atoms with Crippen LogP contribution in [0.5, 0.6) is 0 Å². The van der Waals surface area contributed by atoms with Crippen LogP contribution in [0.25, 0.3) is 0 Å². The molecule has 0 saturated carbocycles. The minimum Gasteiger partial charge on any atom is -0.462 e. The first-order valence-electron chi connectivity index (χ1n) is 21.2. The molecule has 6 atom stereocenters. The van der Waals surface area contributed by atoms with Crippen molar-refractivity contribution < 1.29 is 56.8 Å². The summed E-state index contributed by atoms with van der Waals surface area (Å²) in [5, 5.41) is 30.8. The minimum absolute atomic E-state index is 0.0897. The Morgan fingerprint density at radius 2 is 1.11 bits per heavy atom. The van der Waals surface area contributed by atoms with Gasteiger partial charge in [0.25, 0.3) is 10.1 Å². The Kier molecular flexibility index (Phi) is 30.9. The summed E-state index contributed by atoms with van der Waals surface area (Å²) < 4.78 is 53.8. The van der Waals surface area contributed by atoms with Crippen LogP contribution in [0.2, 0.25) is 0 Å². The highest BCUT2D eigenvalue weighted by Gasteiger charge is 2.46. The first-order chi connectivity index (χ1) is 27.0. The molecule has 12 nitrogen and oxygen atoms in total. The van der Waals surface area contributed by atoms with Crippen molar-refractivity contribution in [2.75, 3.05) is 19.0 Å². The van der Waals surface area contributed by atoms with Crippen molar-refractivity contribution >= 4 is 22.1 Å². The van der Waals surface area contributed by atoms with Crippen molar-refractivity contribution in [2.24, 2.45) is 0 Å². The SMILES string of the molecule is CCCC/C=C/CCCCCCCC(=O)OC[C@H](CO[C@H]1O[C@H](CS(=O)(=O)O)[C@@H](O)C(O)C1O)OC(=O)CCC/C=C/C/C=C/C/C=C/CCCCCCCC. The summed E-state index contributed by atoms with van der Waals surface area (Å²) in [6, 6.07) is 0. The van der Waals surface area contributed by atoms with Gasteiger partial charge in [-0.1, -0.05) is 127 Å². The summed E-state index contributed by atoms with van der Waals surface area (Å²) in [6.07, 6.45) is 28.9. The van der Waals surface area contributed by atoms with Crippen molar-refractivity contribution in [1.29, 1.82) is 0 Å². The normalized spacial score (nSPS) is 21.1. The van der Waals surface area contributed by atoms with Gasteiger partial charge in [-0.25, -0.2) is 0 Å². The second-order valence-corrected chi connectivity index (χ2v) is 16.1. The molecule has 0 spiro atoms. The maximum atomic E-state index is 12.8. The van der Waals surface area contributed by atoms with E-state index in [1.165, 1.54) is 51.4 Å². The van der Waals surface area contributed by atoms with E-state index in [0.29, 0.717) is 19.3 Å². The summed E-state index contributed by atoms with van der Waals surface area (Å²) in [6.45, 7) is 3.64. The highest BCUT2D eigenvalue weighted by Crippen LogP contribution is 2.24. The third-order valence-electron chi connectivity index (χ3n) is 9.38. The quantitative estimate of drug-likeness (QED) is 0.0213. The molecule has 0 aromatic carbocycles. The molecule has 0 amide bonds. The van der Waals surface area contributed by atoms with Gasteiger partial charge in [0.15, 0.2) is 12.4 Å². The van der Waals surface area contributed by atoms with E-state index in [4.69, 9.17) is 18.9 Å². The third kappa shape index (κ3) is 28.1. The van der Waals surface area contributed by atoms with Gasteiger partial charge in [-0.15, -0.1) is 0 Å². The Hall–Kier alpha value is -2.39. The van der Waals surface area contributed by atoms with Gasteiger partial charge in [0, 0.05) is 12.8 Å².